The molecule has 0 saturated heterocycles. The van der Waals surface area contributed by atoms with Gasteiger partial charge >= 0.3 is 11.9 Å². The summed E-state index contributed by atoms with van der Waals surface area (Å²) in [7, 11) is 0. The average Bonchev–Trinajstić information content (AvgIpc) is 2.49. The lowest BCUT2D eigenvalue weighted by Gasteiger charge is -2.19. The van der Waals surface area contributed by atoms with Gasteiger partial charge in [0.05, 0.1) is 19.5 Å². The quantitative estimate of drug-likeness (QED) is 0.335. The Morgan fingerprint density at radius 3 is 1.81 bits per heavy atom. The fraction of sp³-hybridized carbons (Fsp3) is 0.600. The summed E-state index contributed by atoms with van der Waals surface area (Å²) < 4.78 is 9.92. The number of rotatable bonds is 5. The molecule has 3 N–H and O–H groups in total. The normalized spacial score (nSPS) is 9.73. The Labute approximate surface area is 158 Å². The number of terminal acetylenes is 2. The third-order valence-electron chi connectivity index (χ3n) is 1.84. The molecular formula is C20H34N2O4. The first-order valence-electron chi connectivity index (χ1n) is 8.18. The first kappa shape index (κ1) is 28.5. The summed E-state index contributed by atoms with van der Waals surface area (Å²) in [6.45, 7) is 15.7. The molecule has 0 aromatic rings. The van der Waals surface area contributed by atoms with Crippen LogP contribution in [0.2, 0.25) is 0 Å². The van der Waals surface area contributed by atoms with E-state index in [1.165, 1.54) is 0 Å². The van der Waals surface area contributed by atoms with Gasteiger partial charge in [0.25, 0.3) is 0 Å². The Kier molecular flexibility index (Phi) is 17.8. The van der Waals surface area contributed by atoms with Crippen molar-refractivity contribution in [2.24, 2.45) is 5.73 Å². The molecule has 0 bridgehead atoms. The largest absolute Gasteiger partial charge is 0.460 e. The molecule has 0 aliphatic rings. The SMILES string of the molecule is C#CCN.C#CCNCCC(=O)OC(C)(C)C.C=CC(=O)OC(C)(C)C. The van der Waals surface area contributed by atoms with Crippen LogP contribution >= 0.6 is 0 Å². The van der Waals surface area contributed by atoms with E-state index >= 15 is 0 Å². The van der Waals surface area contributed by atoms with Crippen molar-refractivity contribution in [3.63, 3.8) is 0 Å². The monoisotopic (exact) mass is 366 g/mol. The van der Waals surface area contributed by atoms with Gasteiger partial charge < -0.3 is 20.5 Å². The number of carbonyl (C=O) groups excluding carboxylic acids is 2. The van der Waals surface area contributed by atoms with Crippen LogP contribution in [0.5, 0.6) is 0 Å². The van der Waals surface area contributed by atoms with E-state index in [2.05, 4.69) is 30.2 Å². The average molecular weight is 367 g/mol. The molecule has 0 spiro atoms. The van der Waals surface area contributed by atoms with Gasteiger partial charge in [-0.3, -0.25) is 4.79 Å². The van der Waals surface area contributed by atoms with Crippen molar-refractivity contribution in [3.05, 3.63) is 12.7 Å². The number of ether oxygens (including phenoxy) is 2. The molecule has 0 aliphatic carbocycles. The summed E-state index contributed by atoms with van der Waals surface area (Å²) >= 11 is 0. The van der Waals surface area contributed by atoms with E-state index in [4.69, 9.17) is 21.6 Å². The Hall–Kier alpha value is -2.28. The minimum atomic E-state index is -0.400. The number of carbonyl (C=O) groups is 2. The van der Waals surface area contributed by atoms with Gasteiger partial charge in [-0.2, -0.15) is 0 Å². The molecule has 6 heteroatoms. The predicted molar refractivity (Wildman–Crippen MR) is 106 cm³/mol. The number of hydrogen-bond acceptors (Lipinski definition) is 6. The van der Waals surface area contributed by atoms with Crippen LogP contribution in [0, 0.1) is 24.7 Å². The van der Waals surface area contributed by atoms with Crippen molar-refractivity contribution in [2.45, 2.75) is 59.2 Å². The molecule has 0 amide bonds. The van der Waals surface area contributed by atoms with E-state index in [-0.39, 0.29) is 11.9 Å². The van der Waals surface area contributed by atoms with Crippen LogP contribution in [0.3, 0.4) is 0 Å². The van der Waals surface area contributed by atoms with Crippen molar-refractivity contribution in [1.82, 2.24) is 5.32 Å². The number of hydrogen-bond donors (Lipinski definition) is 2. The summed E-state index contributed by atoms with van der Waals surface area (Å²) in [4.78, 5) is 21.6. The molecule has 0 heterocycles. The highest BCUT2D eigenvalue weighted by Gasteiger charge is 2.15. The maximum atomic E-state index is 11.1. The van der Waals surface area contributed by atoms with Crippen molar-refractivity contribution in [1.29, 1.82) is 0 Å². The van der Waals surface area contributed by atoms with E-state index < -0.39 is 11.2 Å². The first-order valence-corrected chi connectivity index (χ1v) is 8.18. The van der Waals surface area contributed by atoms with E-state index in [0.29, 0.717) is 26.1 Å². The molecule has 0 saturated carbocycles. The zero-order valence-corrected chi connectivity index (χ0v) is 17.0. The van der Waals surface area contributed by atoms with E-state index in [1.807, 2.05) is 41.5 Å². The van der Waals surface area contributed by atoms with E-state index in [0.717, 1.165) is 6.08 Å². The van der Waals surface area contributed by atoms with Crippen LogP contribution in [0.15, 0.2) is 12.7 Å². The molecule has 0 radical (unpaired) electrons. The Bertz CT molecular complexity index is 486. The number of nitrogens with one attached hydrogen (secondary N) is 1. The lowest BCUT2D eigenvalue weighted by molar-refractivity contribution is -0.154. The second-order valence-electron chi connectivity index (χ2n) is 6.86. The highest BCUT2D eigenvalue weighted by Crippen LogP contribution is 2.07. The van der Waals surface area contributed by atoms with Crippen molar-refractivity contribution < 1.29 is 19.1 Å². The highest BCUT2D eigenvalue weighted by atomic mass is 16.6. The first-order chi connectivity index (χ1) is 11.8. The summed E-state index contributed by atoms with van der Waals surface area (Å²) in [5.74, 6) is 4.06. The zero-order chi connectivity index (χ0) is 21.2. The summed E-state index contributed by atoms with van der Waals surface area (Å²) in [5.41, 5.74) is 3.99. The van der Waals surface area contributed by atoms with E-state index in [9.17, 15) is 9.59 Å². The minimum absolute atomic E-state index is 0.197. The van der Waals surface area contributed by atoms with E-state index in [1.54, 1.807) is 0 Å². The van der Waals surface area contributed by atoms with Gasteiger partial charge in [0.1, 0.15) is 11.2 Å². The third-order valence-corrected chi connectivity index (χ3v) is 1.84. The zero-order valence-electron chi connectivity index (χ0n) is 17.0. The second-order valence-corrected chi connectivity index (χ2v) is 6.86. The molecule has 0 aromatic heterocycles. The predicted octanol–water partition coefficient (Wildman–Crippen LogP) is 2.03. The van der Waals surface area contributed by atoms with Gasteiger partial charge in [-0.1, -0.05) is 18.4 Å². The van der Waals surface area contributed by atoms with Gasteiger partial charge in [-0.25, -0.2) is 4.79 Å². The molecule has 26 heavy (non-hydrogen) atoms. The topological polar surface area (TPSA) is 90.6 Å². The summed E-state index contributed by atoms with van der Waals surface area (Å²) in [6, 6.07) is 0. The number of nitrogens with two attached hydrogens (primary N) is 1. The minimum Gasteiger partial charge on any atom is -0.460 e. The molecule has 0 aromatic carbocycles. The van der Waals surface area contributed by atoms with Crippen LogP contribution in [0.25, 0.3) is 0 Å². The molecule has 0 rings (SSSR count). The summed E-state index contributed by atoms with van der Waals surface area (Å²) in [6.07, 6.45) is 11.2. The summed E-state index contributed by atoms with van der Waals surface area (Å²) in [5, 5.41) is 2.91. The van der Waals surface area contributed by atoms with Gasteiger partial charge in [0, 0.05) is 12.6 Å². The van der Waals surface area contributed by atoms with Gasteiger partial charge in [0.2, 0.25) is 0 Å². The lowest BCUT2D eigenvalue weighted by Crippen LogP contribution is -2.26. The Balaban J connectivity index is -0.000000352. The molecule has 0 fully saturated rings. The molecule has 6 nitrogen and oxygen atoms in total. The fourth-order valence-corrected chi connectivity index (χ4v) is 1.09. The van der Waals surface area contributed by atoms with Crippen LogP contribution in [0.4, 0.5) is 0 Å². The molecule has 0 unspecified atom stereocenters. The maximum Gasteiger partial charge on any atom is 0.330 e. The van der Waals surface area contributed by atoms with Gasteiger partial charge in [-0.05, 0) is 41.5 Å². The van der Waals surface area contributed by atoms with Crippen molar-refractivity contribution in [3.8, 4) is 24.7 Å². The van der Waals surface area contributed by atoms with Crippen molar-refractivity contribution >= 4 is 11.9 Å². The Morgan fingerprint density at radius 1 is 1.08 bits per heavy atom. The van der Waals surface area contributed by atoms with Gasteiger partial charge in [0.15, 0.2) is 0 Å². The standard InChI is InChI=1S/C10H17NO2.C7H12O2.C3H5N/c1-5-7-11-8-6-9(12)13-10(2,3)4;1-5-6(8)9-7(2,3)4;1-2-3-4/h1,11H,6-8H2,2-4H3;5H,1H2,2-4H3;1H,3-4H2. The fourth-order valence-electron chi connectivity index (χ4n) is 1.09. The molecular weight excluding hydrogens is 332 g/mol. The molecule has 0 atom stereocenters. The Morgan fingerprint density at radius 2 is 1.54 bits per heavy atom. The van der Waals surface area contributed by atoms with Crippen LogP contribution in [-0.4, -0.2) is 42.8 Å². The molecule has 148 valence electrons. The van der Waals surface area contributed by atoms with Crippen LogP contribution in [0.1, 0.15) is 48.0 Å². The van der Waals surface area contributed by atoms with Crippen LogP contribution < -0.4 is 11.1 Å². The maximum absolute atomic E-state index is 11.1. The smallest absolute Gasteiger partial charge is 0.330 e. The lowest BCUT2D eigenvalue weighted by atomic mass is 10.2. The highest BCUT2D eigenvalue weighted by molar-refractivity contribution is 5.81. The third kappa shape index (κ3) is 33.4. The van der Waals surface area contributed by atoms with Crippen molar-refractivity contribution in [2.75, 3.05) is 19.6 Å². The number of esters is 2. The van der Waals surface area contributed by atoms with Crippen LogP contribution in [-0.2, 0) is 19.1 Å². The second kappa shape index (κ2) is 16.2. The van der Waals surface area contributed by atoms with Gasteiger partial charge in [-0.15, -0.1) is 12.8 Å². The molecule has 0 aliphatic heterocycles.